The fourth-order valence-electron chi connectivity index (χ4n) is 6.47. The van der Waals surface area contributed by atoms with E-state index in [-0.39, 0.29) is 54.5 Å². The van der Waals surface area contributed by atoms with Crippen molar-refractivity contribution in [3.63, 3.8) is 0 Å². The third-order valence-corrected chi connectivity index (χ3v) is 9.15. The number of phenolic OH excluding ortho intramolecular Hbond substituents is 1. The van der Waals surface area contributed by atoms with Gasteiger partial charge in [-0.3, -0.25) is 9.59 Å². The summed E-state index contributed by atoms with van der Waals surface area (Å²) in [6.45, 7) is 0.323. The van der Waals surface area contributed by atoms with Gasteiger partial charge < -0.3 is 39.4 Å². The third-order valence-electron chi connectivity index (χ3n) is 8.62. The molecule has 2 heterocycles. The van der Waals surface area contributed by atoms with E-state index < -0.39 is 11.8 Å². The molecule has 0 radical (unpaired) electrons. The zero-order valence-corrected chi connectivity index (χ0v) is 25.9. The number of carbonyl (C=O) groups excluding carboxylic acids is 2. The lowest BCUT2D eigenvalue weighted by Gasteiger charge is -2.40. The molecule has 0 spiro atoms. The molecule has 1 aliphatic carbocycles. The normalized spacial score (nSPS) is 20.9. The Morgan fingerprint density at radius 3 is 2.13 bits per heavy atom. The monoisotopic (exact) mass is 672 g/mol. The topological polar surface area (TPSA) is 125 Å². The zero-order chi connectivity index (χ0) is 31.2. The van der Waals surface area contributed by atoms with E-state index in [2.05, 4.69) is 26.6 Å². The Labute approximate surface area is 267 Å². The quantitative estimate of drug-likeness (QED) is 0.196. The van der Waals surface area contributed by atoms with E-state index in [1.54, 1.807) is 24.3 Å². The van der Waals surface area contributed by atoms with E-state index >= 15 is 0 Å². The molecule has 1 fully saturated rings. The Morgan fingerprint density at radius 2 is 1.49 bits per heavy atom. The summed E-state index contributed by atoms with van der Waals surface area (Å²) in [5.74, 6) is -0.170. The standard InChI is InChI=1S/C34H29BrN2O8/c1-41-27-11-18(12-28(42-2)32(27)38)29-22-13-25-26(45-16-44-25)14-23(22)31(24-15-43-34(40)30(24)29)36-20-7-9-21(10-8-20)37-33(39)17-3-5-19(35)6-4-17/h3-14,24,29-31,36,38H,15-16H2,1-2H3,(H,37,39)/t24-,29+,30-,31+/m0/s1. The summed E-state index contributed by atoms with van der Waals surface area (Å²) < 4.78 is 29.0. The second kappa shape index (κ2) is 11.6. The number of cyclic esters (lactones) is 1. The van der Waals surface area contributed by atoms with Crippen LogP contribution in [0.25, 0.3) is 0 Å². The molecule has 0 unspecified atom stereocenters. The molecule has 7 rings (SSSR count). The van der Waals surface area contributed by atoms with E-state index in [9.17, 15) is 14.7 Å². The first-order chi connectivity index (χ1) is 21.8. The molecular weight excluding hydrogens is 644 g/mol. The van der Waals surface area contributed by atoms with Crippen molar-refractivity contribution in [2.24, 2.45) is 11.8 Å². The zero-order valence-electron chi connectivity index (χ0n) is 24.3. The summed E-state index contributed by atoms with van der Waals surface area (Å²) in [4.78, 5) is 26.2. The highest BCUT2D eigenvalue weighted by Crippen LogP contribution is 2.56. The van der Waals surface area contributed by atoms with Gasteiger partial charge in [0.05, 0.1) is 32.8 Å². The second-order valence-electron chi connectivity index (χ2n) is 11.1. The van der Waals surface area contributed by atoms with Crippen LogP contribution in [0, 0.1) is 11.8 Å². The number of methoxy groups -OCH3 is 2. The summed E-state index contributed by atoms with van der Waals surface area (Å²) in [6, 6.07) is 21.6. The predicted octanol–water partition coefficient (Wildman–Crippen LogP) is 6.24. The molecule has 3 N–H and O–H groups in total. The second-order valence-corrected chi connectivity index (χ2v) is 12.0. The average Bonchev–Trinajstić information content (AvgIpc) is 3.67. The minimum absolute atomic E-state index is 0.101. The van der Waals surface area contributed by atoms with Gasteiger partial charge in [-0.2, -0.15) is 0 Å². The Morgan fingerprint density at radius 1 is 0.867 bits per heavy atom. The number of fused-ring (bicyclic) bond motifs is 3. The van der Waals surface area contributed by atoms with E-state index in [1.807, 2.05) is 48.5 Å². The number of anilines is 2. The van der Waals surface area contributed by atoms with Gasteiger partial charge in [-0.25, -0.2) is 0 Å². The molecule has 0 aromatic heterocycles. The molecule has 4 atom stereocenters. The highest BCUT2D eigenvalue weighted by molar-refractivity contribution is 9.10. The molecule has 11 heteroatoms. The van der Waals surface area contributed by atoms with E-state index in [0.717, 1.165) is 26.9 Å². The van der Waals surface area contributed by atoms with Crippen molar-refractivity contribution in [1.29, 1.82) is 0 Å². The Kier molecular flexibility index (Phi) is 7.40. The van der Waals surface area contributed by atoms with Gasteiger partial charge in [-0.1, -0.05) is 15.9 Å². The van der Waals surface area contributed by atoms with Gasteiger partial charge in [-0.05, 0) is 89.5 Å². The van der Waals surface area contributed by atoms with Crippen molar-refractivity contribution in [2.75, 3.05) is 38.3 Å². The SMILES string of the molecule is COc1cc([C@@H]2c3cc4c(cc3[C@@H](Nc3ccc(NC(=O)c5ccc(Br)cc5)cc3)[C@H]3COC(=O)[C@H]23)OCO4)cc(OC)c1O. The fourth-order valence-corrected chi connectivity index (χ4v) is 6.74. The van der Waals surface area contributed by atoms with Crippen LogP contribution >= 0.6 is 15.9 Å². The molecule has 2 aliphatic heterocycles. The molecular formula is C34H29BrN2O8. The van der Waals surface area contributed by atoms with Gasteiger partial charge in [0.15, 0.2) is 23.0 Å². The van der Waals surface area contributed by atoms with Crippen LogP contribution in [0.2, 0.25) is 0 Å². The number of esters is 1. The molecule has 0 saturated carbocycles. The van der Waals surface area contributed by atoms with Crippen LogP contribution in [0.15, 0.2) is 77.3 Å². The maximum Gasteiger partial charge on any atom is 0.310 e. The van der Waals surface area contributed by atoms with Gasteiger partial charge in [0, 0.05) is 33.2 Å². The summed E-state index contributed by atoms with van der Waals surface area (Å²) in [7, 11) is 2.93. The van der Waals surface area contributed by atoms with Gasteiger partial charge in [0.1, 0.15) is 0 Å². The number of halogens is 1. The Bertz CT molecular complexity index is 1770. The number of benzene rings is 4. The average molecular weight is 674 g/mol. The third kappa shape index (κ3) is 5.16. The number of aromatic hydroxyl groups is 1. The number of amides is 1. The predicted molar refractivity (Wildman–Crippen MR) is 168 cm³/mol. The Balaban J connectivity index is 1.25. The van der Waals surface area contributed by atoms with Crippen LogP contribution < -0.4 is 29.6 Å². The Hall–Kier alpha value is -4.90. The molecule has 45 heavy (non-hydrogen) atoms. The largest absolute Gasteiger partial charge is 0.502 e. The number of ether oxygens (including phenoxy) is 5. The molecule has 4 aromatic rings. The first-order valence-corrected chi connectivity index (χ1v) is 15.1. The summed E-state index contributed by atoms with van der Waals surface area (Å²) in [6.07, 6.45) is 0. The maximum absolute atomic E-state index is 13.4. The van der Waals surface area contributed by atoms with Crippen LogP contribution in [0.5, 0.6) is 28.7 Å². The molecule has 4 aromatic carbocycles. The van der Waals surface area contributed by atoms with Gasteiger partial charge in [-0.15, -0.1) is 0 Å². The number of phenols is 1. The van der Waals surface area contributed by atoms with E-state index in [0.29, 0.717) is 22.7 Å². The van der Waals surface area contributed by atoms with Gasteiger partial charge >= 0.3 is 5.97 Å². The van der Waals surface area contributed by atoms with E-state index in [4.69, 9.17) is 23.7 Å². The van der Waals surface area contributed by atoms with Crippen molar-refractivity contribution in [2.45, 2.75) is 12.0 Å². The molecule has 10 nitrogen and oxygen atoms in total. The molecule has 3 aliphatic rings. The lowest BCUT2D eigenvalue weighted by atomic mass is 9.65. The summed E-state index contributed by atoms with van der Waals surface area (Å²) in [5, 5.41) is 17.2. The number of rotatable bonds is 7. The number of nitrogens with one attached hydrogen (secondary N) is 2. The molecule has 0 bridgehead atoms. The van der Waals surface area contributed by atoms with Crippen LogP contribution in [0.4, 0.5) is 11.4 Å². The number of carbonyl (C=O) groups is 2. The molecule has 230 valence electrons. The summed E-state index contributed by atoms with van der Waals surface area (Å²) in [5.41, 5.74) is 4.53. The minimum Gasteiger partial charge on any atom is -0.502 e. The lowest BCUT2D eigenvalue weighted by molar-refractivity contribution is -0.141. The first-order valence-electron chi connectivity index (χ1n) is 14.3. The van der Waals surface area contributed by atoms with Gasteiger partial charge in [0.2, 0.25) is 12.5 Å². The van der Waals surface area contributed by atoms with Crippen molar-refractivity contribution < 1.29 is 38.4 Å². The lowest BCUT2D eigenvalue weighted by Crippen LogP contribution is -2.37. The minimum atomic E-state index is -0.543. The van der Waals surface area contributed by atoms with Gasteiger partial charge in [0.25, 0.3) is 5.91 Å². The summed E-state index contributed by atoms with van der Waals surface area (Å²) >= 11 is 3.39. The number of hydrogen-bond donors (Lipinski definition) is 3. The van der Waals surface area contributed by atoms with Crippen molar-refractivity contribution in [1.82, 2.24) is 0 Å². The molecule has 1 amide bonds. The highest BCUT2D eigenvalue weighted by Gasteiger charge is 2.52. The number of hydrogen-bond acceptors (Lipinski definition) is 9. The van der Waals surface area contributed by atoms with Crippen molar-refractivity contribution in [3.8, 4) is 28.7 Å². The van der Waals surface area contributed by atoms with E-state index in [1.165, 1.54) is 14.2 Å². The van der Waals surface area contributed by atoms with Crippen LogP contribution in [0.1, 0.15) is 39.0 Å². The van der Waals surface area contributed by atoms with Crippen LogP contribution in [-0.2, 0) is 9.53 Å². The van der Waals surface area contributed by atoms with Crippen LogP contribution in [0.3, 0.4) is 0 Å². The first kappa shape index (κ1) is 28.8. The fraction of sp³-hybridized carbons (Fsp3) is 0.235. The maximum atomic E-state index is 13.4. The highest BCUT2D eigenvalue weighted by atomic mass is 79.9. The van der Waals surface area contributed by atoms with Crippen molar-refractivity contribution >= 4 is 39.2 Å². The van der Waals surface area contributed by atoms with Crippen LogP contribution in [-0.4, -0.2) is 44.6 Å². The smallest absolute Gasteiger partial charge is 0.310 e. The van der Waals surface area contributed by atoms with Crippen molar-refractivity contribution in [3.05, 3.63) is 99.5 Å². The molecule has 1 saturated heterocycles.